The van der Waals surface area contributed by atoms with E-state index in [1.165, 1.54) is 47.2 Å². The van der Waals surface area contributed by atoms with Crippen LogP contribution in [0.25, 0.3) is 0 Å². The van der Waals surface area contributed by atoms with Crippen LogP contribution in [-0.2, 0) is 0 Å². The minimum atomic E-state index is 0.578. The van der Waals surface area contributed by atoms with Gasteiger partial charge >= 0.3 is 0 Å². The summed E-state index contributed by atoms with van der Waals surface area (Å²) in [6.45, 7) is 9.90. The lowest BCUT2D eigenvalue weighted by molar-refractivity contribution is 0.299. The minimum Gasteiger partial charge on any atom is -0.371 e. The number of likely N-dealkylation sites (N-methyl/N-ethyl adjacent to an activating group) is 1. The van der Waals surface area contributed by atoms with E-state index in [-0.39, 0.29) is 0 Å². The number of benzene rings is 2. The third-order valence-corrected chi connectivity index (χ3v) is 7.31. The summed E-state index contributed by atoms with van der Waals surface area (Å²) in [5.74, 6) is 1.94. The molecule has 1 aliphatic carbocycles. The molecule has 0 radical (unpaired) electrons. The smallest absolute Gasteiger partial charge is 0.0458 e. The highest BCUT2D eigenvalue weighted by atomic mass is 35.5. The molecule has 0 bridgehead atoms. The van der Waals surface area contributed by atoms with Gasteiger partial charge in [0.25, 0.3) is 0 Å². The Kier molecular flexibility index (Phi) is 7.46. The minimum absolute atomic E-state index is 0.578. The van der Waals surface area contributed by atoms with Crippen LogP contribution >= 0.6 is 11.6 Å². The standard InChI is InChI=1S/C27H36ClN/c1-6-19(2)14-15-29(5)27-18-24(17-26(28)21(27)4)23-13-12-20(3)25(16-23)22-10-8-7-9-11-22/h7-11,14,17-18,20,23,25H,6,12-13,15-16H2,1-5H3/b19-14-/t20-,23?,25+/m1/s1. The van der Waals surface area contributed by atoms with Crippen molar-refractivity contribution < 1.29 is 0 Å². The number of anilines is 1. The number of halogens is 1. The average molecular weight is 410 g/mol. The quantitative estimate of drug-likeness (QED) is 0.435. The lowest BCUT2D eigenvalue weighted by atomic mass is 9.70. The van der Waals surface area contributed by atoms with Gasteiger partial charge in [0.05, 0.1) is 0 Å². The maximum atomic E-state index is 6.71. The highest BCUT2D eigenvalue weighted by Crippen LogP contribution is 2.46. The zero-order chi connectivity index (χ0) is 21.0. The number of nitrogens with zero attached hydrogens (tertiary/aromatic N) is 1. The van der Waals surface area contributed by atoms with Gasteiger partial charge in [-0.15, -0.1) is 0 Å². The first-order chi connectivity index (χ1) is 13.9. The molecule has 0 heterocycles. The molecule has 2 heteroatoms. The van der Waals surface area contributed by atoms with E-state index in [0.717, 1.165) is 23.9 Å². The van der Waals surface area contributed by atoms with Crippen molar-refractivity contribution in [3.05, 3.63) is 75.8 Å². The second-order valence-electron chi connectivity index (χ2n) is 8.94. The van der Waals surface area contributed by atoms with E-state index in [0.29, 0.717) is 11.8 Å². The van der Waals surface area contributed by atoms with Crippen LogP contribution in [0, 0.1) is 12.8 Å². The highest BCUT2D eigenvalue weighted by Gasteiger charge is 2.30. The molecule has 2 aromatic rings. The Bertz CT molecular complexity index is 839. The third-order valence-electron chi connectivity index (χ3n) is 6.92. The first-order valence-electron chi connectivity index (χ1n) is 11.1. The van der Waals surface area contributed by atoms with Gasteiger partial charge in [-0.05, 0) is 86.1 Å². The Morgan fingerprint density at radius 1 is 1.14 bits per heavy atom. The summed E-state index contributed by atoms with van der Waals surface area (Å²) in [4.78, 5) is 2.34. The summed E-state index contributed by atoms with van der Waals surface area (Å²) in [7, 11) is 2.18. The summed E-state index contributed by atoms with van der Waals surface area (Å²) in [5.41, 5.74) is 6.78. The van der Waals surface area contributed by atoms with E-state index in [1.807, 2.05) is 0 Å². The molecule has 0 spiro atoms. The molecule has 0 aromatic heterocycles. The fourth-order valence-electron chi connectivity index (χ4n) is 4.64. The van der Waals surface area contributed by atoms with Gasteiger partial charge in [0.2, 0.25) is 0 Å². The molecule has 1 unspecified atom stereocenters. The molecule has 2 aromatic carbocycles. The second-order valence-corrected chi connectivity index (χ2v) is 9.34. The van der Waals surface area contributed by atoms with Crippen LogP contribution in [0.5, 0.6) is 0 Å². The molecule has 0 amide bonds. The van der Waals surface area contributed by atoms with Crippen LogP contribution in [-0.4, -0.2) is 13.6 Å². The van der Waals surface area contributed by atoms with Gasteiger partial charge in [-0.1, -0.05) is 67.4 Å². The molecule has 3 rings (SSSR count). The normalized spacial score (nSPS) is 22.6. The van der Waals surface area contributed by atoms with Crippen LogP contribution in [0.1, 0.15) is 75.0 Å². The topological polar surface area (TPSA) is 3.24 Å². The Morgan fingerprint density at radius 2 is 1.86 bits per heavy atom. The van der Waals surface area contributed by atoms with Gasteiger partial charge in [-0.3, -0.25) is 0 Å². The second kappa shape index (κ2) is 9.85. The maximum absolute atomic E-state index is 6.71. The molecule has 1 fully saturated rings. The molecular formula is C27H36ClN. The highest BCUT2D eigenvalue weighted by molar-refractivity contribution is 6.31. The lowest BCUT2D eigenvalue weighted by Crippen LogP contribution is -2.22. The number of hydrogen-bond acceptors (Lipinski definition) is 1. The van der Waals surface area contributed by atoms with Crippen molar-refractivity contribution in [2.45, 2.75) is 65.2 Å². The summed E-state index contributed by atoms with van der Waals surface area (Å²) < 4.78 is 0. The van der Waals surface area contributed by atoms with Crippen LogP contribution in [0.3, 0.4) is 0 Å². The SMILES string of the molecule is CC/C(C)=C\CN(C)c1cc(C2CC[C@@H](C)[C@@H](c3ccccc3)C2)cc(Cl)c1C. The molecule has 3 atom stereocenters. The van der Waals surface area contributed by atoms with Gasteiger partial charge in [0.1, 0.15) is 0 Å². The first-order valence-corrected chi connectivity index (χ1v) is 11.5. The first kappa shape index (κ1) is 22.0. The molecule has 1 nitrogen and oxygen atoms in total. The van der Waals surface area contributed by atoms with E-state index in [2.05, 4.69) is 88.2 Å². The average Bonchev–Trinajstić information content (AvgIpc) is 2.74. The predicted octanol–water partition coefficient (Wildman–Crippen LogP) is 8.13. The molecule has 0 aliphatic heterocycles. The summed E-state index contributed by atoms with van der Waals surface area (Å²) in [6, 6.07) is 15.7. The Labute approximate surface area is 182 Å². The maximum Gasteiger partial charge on any atom is 0.0458 e. The molecule has 0 saturated heterocycles. The lowest BCUT2D eigenvalue weighted by Gasteiger charge is -2.35. The molecular weight excluding hydrogens is 374 g/mol. The zero-order valence-corrected chi connectivity index (χ0v) is 19.5. The summed E-state index contributed by atoms with van der Waals surface area (Å²) >= 11 is 6.71. The van der Waals surface area contributed by atoms with E-state index in [1.54, 1.807) is 0 Å². The van der Waals surface area contributed by atoms with E-state index in [4.69, 9.17) is 11.6 Å². The van der Waals surface area contributed by atoms with Crippen LogP contribution in [0.4, 0.5) is 5.69 Å². The third kappa shape index (κ3) is 5.25. The number of hydrogen-bond donors (Lipinski definition) is 0. The van der Waals surface area contributed by atoms with Gasteiger partial charge < -0.3 is 4.90 Å². The van der Waals surface area contributed by atoms with Crippen LogP contribution in [0.2, 0.25) is 5.02 Å². The van der Waals surface area contributed by atoms with Gasteiger partial charge in [0.15, 0.2) is 0 Å². The van der Waals surface area contributed by atoms with Crippen molar-refractivity contribution in [1.82, 2.24) is 0 Å². The molecule has 1 saturated carbocycles. The summed E-state index contributed by atoms with van der Waals surface area (Å²) in [5, 5.41) is 0.899. The van der Waals surface area contributed by atoms with Gasteiger partial charge in [0, 0.05) is 24.3 Å². The fourth-order valence-corrected chi connectivity index (χ4v) is 4.86. The van der Waals surface area contributed by atoms with Crippen molar-refractivity contribution in [1.29, 1.82) is 0 Å². The van der Waals surface area contributed by atoms with Crippen molar-refractivity contribution in [2.75, 3.05) is 18.5 Å². The zero-order valence-electron chi connectivity index (χ0n) is 18.7. The molecule has 29 heavy (non-hydrogen) atoms. The Balaban J connectivity index is 1.86. The van der Waals surface area contributed by atoms with Crippen LogP contribution < -0.4 is 4.90 Å². The van der Waals surface area contributed by atoms with Gasteiger partial charge in [-0.2, -0.15) is 0 Å². The van der Waals surface area contributed by atoms with Crippen molar-refractivity contribution in [3.8, 4) is 0 Å². The van der Waals surface area contributed by atoms with Gasteiger partial charge in [-0.25, -0.2) is 0 Å². The van der Waals surface area contributed by atoms with E-state index < -0.39 is 0 Å². The van der Waals surface area contributed by atoms with E-state index >= 15 is 0 Å². The fraction of sp³-hybridized carbons (Fsp3) is 0.481. The molecule has 156 valence electrons. The monoisotopic (exact) mass is 409 g/mol. The van der Waals surface area contributed by atoms with E-state index in [9.17, 15) is 0 Å². The summed E-state index contributed by atoms with van der Waals surface area (Å²) in [6.07, 6.45) is 7.17. The largest absolute Gasteiger partial charge is 0.371 e. The Morgan fingerprint density at radius 3 is 2.55 bits per heavy atom. The predicted molar refractivity (Wildman–Crippen MR) is 128 cm³/mol. The molecule has 1 aliphatic rings. The van der Waals surface area contributed by atoms with Crippen molar-refractivity contribution in [3.63, 3.8) is 0 Å². The Hall–Kier alpha value is -1.73. The number of allylic oxidation sites excluding steroid dienone is 1. The van der Waals surface area contributed by atoms with Crippen molar-refractivity contribution >= 4 is 17.3 Å². The van der Waals surface area contributed by atoms with Crippen LogP contribution in [0.15, 0.2) is 54.1 Å². The molecule has 0 N–H and O–H groups in total. The number of rotatable bonds is 6. The van der Waals surface area contributed by atoms with Crippen molar-refractivity contribution in [2.24, 2.45) is 5.92 Å².